The molecule has 1 aliphatic carbocycles. The number of hydrogen-bond acceptors (Lipinski definition) is 2. The van der Waals surface area contributed by atoms with Gasteiger partial charge < -0.3 is 15.5 Å². The van der Waals surface area contributed by atoms with Crippen LogP contribution in [0.2, 0.25) is 5.02 Å². The molecule has 1 unspecified atom stereocenters. The molecule has 3 amide bonds. The van der Waals surface area contributed by atoms with Gasteiger partial charge in [-0.25, -0.2) is 4.79 Å². The van der Waals surface area contributed by atoms with Crippen molar-refractivity contribution in [3.63, 3.8) is 0 Å². The van der Waals surface area contributed by atoms with Crippen LogP contribution in [-0.2, 0) is 11.2 Å². The van der Waals surface area contributed by atoms with Gasteiger partial charge in [-0.1, -0.05) is 23.7 Å². The highest BCUT2D eigenvalue weighted by atomic mass is 35.5. The van der Waals surface area contributed by atoms with Gasteiger partial charge in [0.1, 0.15) is 0 Å². The molecule has 2 N–H and O–H groups in total. The number of hydrogen-bond donors (Lipinski definition) is 2. The molecule has 26 heavy (non-hydrogen) atoms. The number of fused-ring (bicyclic) bond motifs is 1. The number of nitrogens with one attached hydrogen (secondary N) is 2. The molecular weight excluding hydrogens is 350 g/mol. The number of halogens is 1. The molecule has 6 heteroatoms. The largest absolute Gasteiger partial charge is 0.331 e. The second kappa shape index (κ2) is 7.00. The maximum absolute atomic E-state index is 12.3. The molecule has 134 valence electrons. The summed E-state index contributed by atoms with van der Waals surface area (Å²) in [5.74, 6) is 0.155. The van der Waals surface area contributed by atoms with Crippen molar-refractivity contribution in [3.05, 3.63) is 58.6 Å². The molecule has 0 saturated carbocycles. The van der Waals surface area contributed by atoms with E-state index in [0.29, 0.717) is 12.1 Å². The van der Waals surface area contributed by atoms with E-state index in [1.807, 2.05) is 42.5 Å². The number of amides is 3. The van der Waals surface area contributed by atoms with Gasteiger partial charge in [0.05, 0.1) is 6.04 Å². The summed E-state index contributed by atoms with van der Waals surface area (Å²) in [6.45, 7) is 0.760. The van der Waals surface area contributed by atoms with Crippen LogP contribution >= 0.6 is 11.6 Å². The van der Waals surface area contributed by atoms with Gasteiger partial charge in [0.15, 0.2) is 0 Å². The van der Waals surface area contributed by atoms with Crippen LogP contribution in [0.4, 0.5) is 16.2 Å². The first-order chi connectivity index (χ1) is 12.6. The van der Waals surface area contributed by atoms with Crippen molar-refractivity contribution in [1.29, 1.82) is 0 Å². The Morgan fingerprint density at radius 3 is 2.65 bits per heavy atom. The number of nitrogens with zero attached hydrogens (tertiary/aromatic N) is 1. The predicted molar refractivity (Wildman–Crippen MR) is 103 cm³/mol. The van der Waals surface area contributed by atoms with E-state index in [-0.39, 0.29) is 18.0 Å². The molecule has 2 aromatic rings. The quantitative estimate of drug-likeness (QED) is 0.848. The molecule has 4 rings (SSSR count). The van der Waals surface area contributed by atoms with Crippen molar-refractivity contribution in [2.75, 3.05) is 16.8 Å². The molecule has 2 aliphatic rings. The third kappa shape index (κ3) is 3.27. The zero-order valence-electron chi connectivity index (χ0n) is 14.3. The Morgan fingerprint density at radius 2 is 1.92 bits per heavy atom. The molecule has 1 heterocycles. The highest BCUT2D eigenvalue weighted by molar-refractivity contribution is 6.31. The molecule has 0 radical (unpaired) electrons. The van der Waals surface area contributed by atoms with E-state index in [1.165, 1.54) is 0 Å². The van der Waals surface area contributed by atoms with E-state index in [1.54, 1.807) is 4.90 Å². The molecule has 0 spiro atoms. The number of anilines is 2. The molecule has 1 fully saturated rings. The van der Waals surface area contributed by atoms with Crippen molar-refractivity contribution in [2.45, 2.75) is 31.7 Å². The summed E-state index contributed by atoms with van der Waals surface area (Å²) >= 11 is 6.22. The maximum atomic E-state index is 12.3. The summed E-state index contributed by atoms with van der Waals surface area (Å²) in [4.78, 5) is 25.9. The molecule has 0 aromatic heterocycles. The first-order valence-corrected chi connectivity index (χ1v) is 9.25. The van der Waals surface area contributed by atoms with Gasteiger partial charge in [0, 0.05) is 29.4 Å². The number of benzene rings is 2. The lowest BCUT2D eigenvalue weighted by molar-refractivity contribution is -0.117. The van der Waals surface area contributed by atoms with Crippen molar-refractivity contribution in [1.82, 2.24) is 5.32 Å². The van der Waals surface area contributed by atoms with Gasteiger partial charge in [-0.15, -0.1) is 0 Å². The summed E-state index contributed by atoms with van der Waals surface area (Å²) in [5, 5.41) is 6.63. The molecule has 5 nitrogen and oxygen atoms in total. The second-order valence-corrected chi connectivity index (χ2v) is 7.10. The van der Waals surface area contributed by atoms with Gasteiger partial charge in [-0.2, -0.15) is 0 Å². The highest BCUT2D eigenvalue weighted by Gasteiger charge is 2.25. The Balaban J connectivity index is 1.39. The van der Waals surface area contributed by atoms with E-state index in [0.717, 1.165) is 47.6 Å². The second-order valence-electron chi connectivity index (χ2n) is 6.69. The van der Waals surface area contributed by atoms with Gasteiger partial charge >= 0.3 is 6.03 Å². The van der Waals surface area contributed by atoms with Crippen molar-refractivity contribution >= 4 is 34.9 Å². The minimum Gasteiger partial charge on any atom is -0.331 e. The van der Waals surface area contributed by atoms with E-state index < -0.39 is 0 Å². The van der Waals surface area contributed by atoms with Gasteiger partial charge in [0.25, 0.3) is 0 Å². The number of rotatable bonds is 3. The van der Waals surface area contributed by atoms with E-state index in [2.05, 4.69) is 10.6 Å². The normalized spacial score (nSPS) is 18.7. The summed E-state index contributed by atoms with van der Waals surface area (Å²) in [6.07, 6.45) is 3.23. The zero-order valence-corrected chi connectivity index (χ0v) is 15.1. The molecule has 1 saturated heterocycles. The van der Waals surface area contributed by atoms with Crippen LogP contribution in [0.5, 0.6) is 0 Å². The van der Waals surface area contributed by atoms with Crippen LogP contribution in [0.15, 0.2) is 42.5 Å². The van der Waals surface area contributed by atoms with Crippen LogP contribution in [0, 0.1) is 0 Å². The summed E-state index contributed by atoms with van der Waals surface area (Å²) < 4.78 is 0. The number of carbonyl (C=O) groups is 2. The van der Waals surface area contributed by atoms with Crippen LogP contribution < -0.4 is 15.5 Å². The van der Waals surface area contributed by atoms with Gasteiger partial charge in [-0.3, -0.25) is 4.79 Å². The minimum absolute atomic E-state index is 0.0230. The van der Waals surface area contributed by atoms with Gasteiger partial charge in [0.2, 0.25) is 5.91 Å². The fraction of sp³-hybridized carbons (Fsp3) is 0.300. The van der Waals surface area contributed by atoms with E-state index in [9.17, 15) is 9.59 Å². The summed E-state index contributed by atoms with van der Waals surface area (Å²) in [6, 6.07) is 12.9. The Labute approximate surface area is 157 Å². The first kappa shape index (κ1) is 16.9. The summed E-state index contributed by atoms with van der Waals surface area (Å²) in [5.41, 5.74) is 3.79. The van der Waals surface area contributed by atoms with Crippen molar-refractivity contribution in [2.24, 2.45) is 0 Å². The van der Waals surface area contributed by atoms with Crippen LogP contribution in [0.3, 0.4) is 0 Å². The average Bonchev–Trinajstić information content (AvgIpc) is 3.23. The molecule has 0 bridgehead atoms. The molecular formula is C20H20ClN3O2. The molecule has 2 aromatic carbocycles. The lowest BCUT2D eigenvalue weighted by atomic mass is 10.1. The van der Waals surface area contributed by atoms with E-state index >= 15 is 0 Å². The van der Waals surface area contributed by atoms with Gasteiger partial charge in [-0.05, 0) is 60.7 Å². The van der Waals surface area contributed by atoms with Crippen LogP contribution in [-0.4, -0.2) is 18.5 Å². The average molecular weight is 370 g/mol. The fourth-order valence-corrected chi connectivity index (χ4v) is 4.01. The minimum atomic E-state index is -0.243. The van der Waals surface area contributed by atoms with E-state index in [4.69, 9.17) is 11.6 Å². The fourth-order valence-electron chi connectivity index (χ4n) is 3.73. The topological polar surface area (TPSA) is 61.4 Å². The maximum Gasteiger partial charge on any atom is 0.319 e. The Morgan fingerprint density at radius 1 is 1.12 bits per heavy atom. The van der Waals surface area contributed by atoms with Crippen LogP contribution in [0.25, 0.3) is 0 Å². The first-order valence-electron chi connectivity index (χ1n) is 8.87. The number of urea groups is 1. The monoisotopic (exact) mass is 369 g/mol. The lowest BCUT2D eigenvalue weighted by Gasteiger charge is -2.17. The SMILES string of the molecule is O=C(Nc1ccc(N2CCCC2=O)cc1)NC1CCc2c(Cl)cccc21. The Hall–Kier alpha value is -2.53. The summed E-state index contributed by atoms with van der Waals surface area (Å²) in [7, 11) is 0. The lowest BCUT2D eigenvalue weighted by Crippen LogP contribution is -2.31. The van der Waals surface area contributed by atoms with Crippen LogP contribution in [0.1, 0.15) is 36.4 Å². The number of carbonyl (C=O) groups excluding carboxylic acids is 2. The van der Waals surface area contributed by atoms with Crippen molar-refractivity contribution < 1.29 is 9.59 Å². The van der Waals surface area contributed by atoms with Crippen molar-refractivity contribution in [3.8, 4) is 0 Å². The third-order valence-electron chi connectivity index (χ3n) is 5.03. The Kier molecular flexibility index (Phi) is 4.55. The molecule has 1 atom stereocenters. The standard InChI is InChI=1S/C20H20ClN3O2/c21-17-4-1-3-16-15(17)10-11-18(16)23-20(26)22-13-6-8-14(9-7-13)24-12-2-5-19(24)25/h1,3-4,6-9,18H,2,5,10-12H2,(H2,22,23,26). The predicted octanol–water partition coefficient (Wildman–Crippen LogP) is 4.28. The smallest absolute Gasteiger partial charge is 0.319 e. The highest BCUT2D eigenvalue weighted by Crippen LogP contribution is 2.35. The third-order valence-corrected chi connectivity index (χ3v) is 5.38. The Bertz CT molecular complexity index is 851. The zero-order chi connectivity index (χ0) is 18.1. The molecule has 1 aliphatic heterocycles.